The summed E-state index contributed by atoms with van der Waals surface area (Å²) in [5.41, 5.74) is 6.33. The maximum Gasteiger partial charge on any atom is 0.168 e. The highest BCUT2D eigenvalue weighted by Crippen LogP contribution is 2.35. The average Bonchev–Trinajstić information content (AvgIpc) is 2.35. The normalized spacial score (nSPS) is 10.1. The van der Waals surface area contributed by atoms with E-state index in [1.165, 1.54) is 0 Å². The summed E-state index contributed by atoms with van der Waals surface area (Å²) in [6.45, 7) is 2.54. The predicted octanol–water partition coefficient (Wildman–Crippen LogP) is 4.11. The number of benzene rings is 2. The first-order valence-corrected chi connectivity index (χ1v) is 6.03. The molecule has 0 spiro atoms. The molecule has 4 heteroatoms. The third kappa shape index (κ3) is 2.87. The summed E-state index contributed by atoms with van der Waals surface area (Å²) in [7, 11) is 0. The molecule has 0 atom stereocenters. The van der Waals surface area contributed by atoms with E-state index >= 15 is 0 Å². The second-order valence-electron chi connectivity index (χ2n) is 3.67. The number of nitrogen functional groups attached to an aromatic ring is 1. The lowest BCUT2D eigenvalue weighted by Gasteiger charge is -2.11. The molecule has 2 rings (SSSR count). The lowest BCUT2D eigenvalue weighted by molar-refractivity contribution is 0.338. The van der Waals surface area contributed by atoms with Crippen molar-refractivity contribution in [3.63, 3.8) is 0 Å². The fourth-order valence-electron chi connectivity index (χ4n) is 1.55. The van der Waals surface area contributed by atoms with Gasteiger partial charge in [-0.05, 0) is 31.2 Å². The lowest BCUT2D eigenvalue weighted by Crippen LogP contribution is -1.94. The molecule has 3 nitrogen and oxygen atoms in total. The van der Waals surface area contributed by atoms with Crippen molar-refractivity contribution in [3.05, 3.63) is 47.5 Å². The van der Waals surface area contributed by atoms with Crippen LogP contribution in [0.2, 0.25) is 5.02 Å². The monoisotopic (exact) mass is 263 g/mol. The van der Waals surface area contributed by atoms with Crippen LogP contribution < -0.4 is 15.2 Å². The Hall–Kier alpha value is -1.87. The largest absolute Gasteiger partial charge is 0.494 e. The van der Waals surface area contributed by atoms with Crippen LogP contribution in [0.25, 0.3) is 0 Å². The molecule has 0 saturated heterocycles. The first-order valence-electron chi connectivity index (χ1n) is 5.65. The van der Waals surface area contributed by atoms with Gasteiger partial charge in [0, 0.05) is 6.07 Å². The average molecular weight is 264 g/mol. The first-order chi connectivity index (χ1) is 8.70. The molecule has 0 aliphatic heterocycles. The van der Waals surface area contributed by atoms with Gasteiger partial charge < -0.3 is 15.2 Å². The highest BCUT2D eigenvalue weighted by atomic mass is 35.5. The SMILES string of the molecule is CCOc1cccc(Oc2c(N)cccc2Cl)c1. The molecule has 0 heterocycles. The Bertz CT molecular complexity index is 523. The standard InChI is InChI=1S/C14H14ClNO2/c1-2-17-10-5-3-6-11(9-10)18-14-12(15)7-4-8-13(14)16/h3-9H,2,16H2,1H3. The molecule has 0 aromatic heterocycles. The van der Waals surface area contributed by atoms with Crippen molar-refractivity contribution in [1.82, 2.24) is 0 Å². The third-order valence-corrected chi connectivity index (χ3v) is 2.63. The Labute approximate surface area is 111 Å². The van der Waals surface area contributed by atoms with Gasteiger partial charge in [-0.25, -0.2) is 0 Å². The third-order valence-electron chi connectivity index (χ3n) is 2.33. The zero-order valence-electron chi connectivity index (χ0n) is 10.0. The number of hydrogen-bond acceptors (Lipinski definition) is 3. The molecule has 0 aliphatic rings. The van der Waals surface area contributed by atoms with Gasteiger partial charge in [0.1, 0.15) is 11.5 Å². The number of rotatable bonds is 4. The van der Waals surface area contributed by atoms with Crippen LogP contribution in [-0.2, 0) is 0 Å². The quantitative estimate of drug-likeness (QED) is 0.844. The predicted molar refractivity (Wildman–Crippen MR) is 73.5 cm³/mol. The van der Waals surface area contributed by atoms with E-state index in [2.05, 4.69) is 0 Å². The summed E-state index contributed by atoms with van der Waals surface area (Å²) >= 11 is 6.04. The van der Waals surface area contributed by atoms with Crippen LogP contribution in [0.1, 0.15) is 6.92 Å². The Morgan fingerprint density at radius 2 is 1.83 bits per heavy atom. The summed E-state index contributed by atoms with van der Waals surface area (Å²) in [6, 6.07) is 12.6. The molecule has 0 aliphatic carbocycles. The fraction of sp³-hybridized carbons (Fsp3) is 0.143. The van der Waals surface area contributed by atoms with E-state index in [-0.39, 0.29) is 0 Å². The summed E-state index contributed by atoms with van der Waals surface area (Å²) in [6.07, 6.45) is 0. The lowest BCUT2D eigenvalue weighted by atomic mass is 10.3. The van der Waals surface area contributed by atoms with Crippen LogP contribution in [-0.4, -0.2) is 6.61 Å². The molecule has 0 amide bonds. The molecule has 0 unspecified atom stereocenters. The van der Waals surface area contributed by atoms with Gasteiger partial charge >= 0.3 is 0 Å². The Morgan fingerprint density at radius 1 is 1.11 bits per heavy atom. The van der Waals surface area contributed by atoms with Crippen molar-refractivity contribution in [2.45, 2.75) is 6.92 Å². The molecule has 2 aromatic carbocycles. The van der Waals surface area contributed by atoms with Gasteiger partial charge in [0.05, 0.1) is 17.3 Å². The van der Waals surface area contributed by atoms with E-state index in [1.807, 2.05) is 25.1 Å². The topological polar surface area (TPSA) is 44.5 Å². The Balaban J connectivity index is 2.26. The summed E-state index contributed by atoms with van der Waals surface area (Å²) in [5.74, 6) is 1.86. The number of nitrogens with two attached hydrogens (primary N) is 1. The van der Waals surface area contributed by atoms with Crippen molar-refractivity contribution in [2.24, 2.45) is 0 Å². The van der Waals surface area contributed by atoms with Crippen LogP contribution in [0, 0.1) is 0 Å². The summed E-state index contributed by atoms with van der Waals surface area (Å²) in [5, 5.41) is 0.483. The molecule has 2 N–H and O–H groups in total. The van der Waals surface area contributed by atoms with Crippen LogP contribution in [0.3, 0.4) is 0 Å². The summed E-state index contributed by atoms with van der Waals surface area (Å²) < 4.78 is 11.1. The van der Waals surface area contributed by atoms with Crippen molar-refractivity contribution in [1.29, 1.82) is 0 Å². The Morgan fingerprint density at radius 3 is 2.56 bits per heavy atom. The molecule has 18 heavy (non-hydrogen) atoms. The first kappa shape index (κ1) is 12.6. The minimum Gasteiger partial charge on any atom is -0.494 e. The Kier molecular flexibility index (Phi) is 3.95. The van der Waals surface area contributed by atoms with Gasteiger partial charge in [-0.1, -0.05) is 23.7 Å². The van der Waals surface area contributed by atoms with Crippen molar-refractivity contribution >= 4 is 17.3 Å². The van der Waals surface area contributed by atoms with Gasteiger partial charge in [0.2, 0.25) is 0 Å². The molecule has 0 bridgehead atoms. The second kappa shape index (κ2) is 5.65. The minimum absolute atomic E-state index is 0.466. The van der Waals surface area contributed by atoms with Crippen LogP contribution in [0.4, 0.5) is 5.69 Å². The highest BCUT2D eigenvalue weighted by Gasteiger charge is 2.07. The van der Waals surface area contributed by atoms with E-state index in [0.29, 0.717) is 28.8 Å². The second-order valence-corrected chi connectivity index (χ2v) is 4.08. The van der Waals surface area contributed by atoms with Crippen molar-refractivity contribution in [3.8, 4) is 17.2 Å². The number of anilines is 1. The summed E-state index contributed by atoms with van der Waals surface area (Å²) in [4.78, 5) is 0. The smallest absolute Gasteiger partial charge is 0.168 e. The number of ether oxygens (including phenoxy) is 2. The maximum atomic E-state index is 6.04. The van der Waals surface area contributed by atoms with Gasteiger partial charge in [0.15, 0.2) is 5.75 Å². The van der Waals surface area contributed by atoms with E-state index in [1.54, 1.807) is 24.3 Å². The molecule has 94 valence electrons. The zero-order valence-corrected chi connectivity index (χ0v) is 10.8. The van der Waals surface area contributed by atoms with E-state index < -0.39 is 0 Å². The molecule has 2 aromatic rings. The van der Waals surface area contributed by atoms with Gasteiger partial charge in [-0.3, -0.25) is 0 Å². The minimum atomic E-state index is 0.466. The highest BCUT2D eigenvalue weighted by molar-refractivity contribution is 6.32. The molecule has 0 radical (unpaired) electrons. The number of halogens is 1. The van der Waals surface area contributed by atoms with E-state index in [0.717, 1.165) is 5.75 Å². The van der Waals surface area contributed by atoms with E-state index in [9.17, 15) is 0 Å². The molecular formula is C14H14ClNO2. The van der Waals surface area contributed by atoms with Crippen LogP contribution in [0.15, 0.2) is 42.5 Å². The fourth-order valence-corrected chi connectivity index (χ4v) is 1.77. The number of hydrogen-bond donors (Lipinski definition) is 1. The van der Waals surface area contributed by atoms with Gasteiger partial charge in [0.25, 0.3) is 0 Å². The molecular weight excluding hydrogens is 250 g/mol. The number of para-hydroxylation sites is 1. The molecule has 0 saturated carbocycles. The van der Waals surface area contributed by atoms with Crippen molar-refractivity contribution < 1.29 is 9.47 Å². The maximum absolute atomic E-state index is 6.04. The van der Waals surface area contributed by atoms with Crippen molar-refractivity contribution in [2.75, 3.05) is 12.3 Å². The van der Waals surface area contributed by atoms with Crippen LogP contribution >= 0.6 is 11.6 Å². The zero-order chi connectivity index (χ0) is 13.0. The van der Waals surface area contributed by atoms with Crippen LogP contribution in [0.5, 0.6) is 17.2 Å². The molecule has 0 fully saturated rings. The van der Waals surface area contributed by atoms with E-state index in [4.69, 9.17) is 26.8 Å². The van der Waals surface area contributed by atoms with Gasteiger partial charge in [-0.2, -0.15) is 0 Å². The van der Waals surface area contributed by atoms with Gasteiger partial charge in [-0.15, -0.1) is 0 Å².